The summed E-state index contributed by atoms with van der Waals surface area (Å²) in [6.45, 7) is 1.90. The van der Waals surface area contributed by atoms with Crippen molar-refractivity contribution in [1.29, 1.82) is 0 Å². The number of alkyl halides is 3. The third-order valence-electron chi connectivity index (χ3n) is 3.54. The molecular formula is C13H16F3N3O2. The Morgan fingerprint density at radius 2 is 2.19 bits per heavy atom. The van der Waals surface area contributed by atoms with E-state index in [-0.39, 0.29) is 11.7 Å². The van der Waals surface area contributed by atoms with Gasteiger partial charge in [0, 0.05) is 6.04 Å². The second-order valence-electron chi connectivity index (χ2n) is 5.27. The van der Waals surface area contributed by atoms with Gasteiger partial charge in [-0.25, -0.2) is 4.98 Å². The molecule has 116 valence electrons. The molecule has 0 amide bonds. The van der Waals surface area contributed by atoms with Crippen molar-refractivity contribution in [3.8, 4) is 0 Å². The maximum absolute atomic E-state index is 12.7. The van der Waals surface area contributed by atoms with Gasteiger partial charge in [-0.3, -0.25) is 10.1 Å². The lowest BCUT2D eigenvalue weighted by atomic mass is 10.1. The van der Waals surface area contributed by atoms with E-state index in [9.17, 15) is 23.3 Å². The smallest absolute Gasteiger partial charge is 0.377 e. The minimum absolute atomic E-state index is 0.0697. The summed E-state index contributed by atoms with van der Waals surface area (Å²) in [7, 11) is 0. The first-order valence-corrected chi connectivity index (χ1v) is 6.79. The molecule has 0 aromatic carbocycles. The average Bonchev–Trinajstić information content (AvgIpc) is 3.20. The molecule has 1 N–H and O–H groups in total. The summed E-state index contributed by atoms with van der Waals surface area (Å²) in [6.07, 6.45) is -0.220. The van der Waals surface area contributed by atoms with Crippen LogP contribution in [0.2, 0.25) is 0 Å². The molecule has 1 unspecified atom stereocenters. The highest BCUT2D eigenvalue weighted by Crippen LogP contribution is 2.37. The first-order valence-electron chi connectivity index (χ1n) is 6.79. The van der Waals surface area contributed by atoms with Crippen molar-refractivity contribution < 1.29 is 18.1 Å². The number of nitro groups is 1. The zero-order valence-corrected chi connectivity index (χ0v) is 11.5. The number of hydrogen-bond acceptors (Lipinski definition) is 4. The van der Waals surface area contributed by atoms with E-state index in [2.05, 4.69) is 10.3 Å². The maximum Gasteiger partial charge on any atom is 0.433 e. The molecule has 0 saturated heterocycles. The van der Waals surface area contributed by atoms with Crippen molar-refractivity contribution in [3.63, 3.8) is 0 Å². The Morgan fingerprint density at radius 3 is 2.67 bits per heavy atom. The van der Waals surface area contributed by atoms with E-state index in [4.69, 9.17) is 0 Å². The monoisotopic (exact) mass is 303 g/mol. The van der Waals surface area contributed by atoms with E-state index in [1.165, 1.54) is 0 Å². The van der Waals surface area contributed by atoms with Gasteiger partial charge in [0.25, 0.3) is 0 Å². The van der Waals surface area contributed by atoms with Gasteiger partial charge in [0.15, 0.2) is 0 Å². The fraction of sp³-hybridized carbons (Fsp3) is 0.615. The first-order chi connectivity index (χ1) is 9.81. The van der Waals surface area contributed by atoms with Crippen molar-refractivity contribution >= 4 is 11.4 Å². The van der Waals surface area contributed by atoms with Gasteiger partial charge in [-0.05, 0) is 24.8 Å². The molecule has 1 aromatic heterocycles. The van der Waals surface area contributed by atoms with Crippen LogP contribution < -0.4 is 5.32 Å². The van der Waals surface area contributed by atoms with Crippen LogP contribution in [-0.2, 0) is 6.18 Å². The van der Waals surface area contributed by atoms with Crippen LogP contribution in [0.5, 0.6) is 0 Å². The molecule has 2 rings (SSSR count). The molecule has 1 aliphatic rings. The SMILES string of the molecule is CCC(CC1CC1)Nc1cc(C(F)(F)F)ncc1[N+](=O)[O-]. The summed E-state index contributed by atoms with van der Waals surface area (Å²) in [5, 5.41) is 13.8. The number of anilines is 1. The second-order valence-corrected chi connectivity index (χ2v) is 5.27. The highest BCUT2D eigenvalue weighted by molar-refractivity contribution is 5.61. The molecule has 1 saturated carbocycles. The van der Waals surface area contributed by atoms with Crippen LogP contribution in [0.3, 0.4) is 0 Å². The number of hydrogen-bond donors (Lipinski definition) is 1. The Kier molecular flexibility index (Phi) is 4.34. The van der Waals surface area contributed by atoms with E-state index >= 15 is 0 Å². The summed E-state index contributed by atoms with van der Waals surface area (Å²) in [5.41, 5.74) is -1.68. The zero-order chi connectivity index (χ0) is 15.6. The van der Waals surface area contributed by atoms with Crippen LogP contribution >= 0.6 is 0 Å². The fourth-order valence-corrected chi connectivity index (χ4v) is 2.17. The predicted octanol–water partition coefficient (Wildman–Crippen LogP) is 4.00. The first kappa shape index (κ1) is 15.5. The molecule has 1 fully saturated rings. The van der Waals surface area contributed by atoms with Gasteiger partial charge in [-0.15, -0.1) is 0 Å². The van der Waals surface area contributed by atoms with Gasteiger partial charge in [-0.2, -0.15) is 13.2 Å². The molecule has 1 heterocycles. The minimum atomic E-state index is -4.62. The van der Waals surface area contributed by atoms with Crippen LogP contribution in [0.15, 0.2) is 12.3 Å². The topological polar surface area (TPSA) is 68.1 Å². The van der Waals surface area contributed by atoms with Crippen molar-refractivity contribution in [2.45, 2.75) is 44.8 Å². The van der Waals surface area contributed by atoms with Gasteiger partial charge < -0.3 is 5.32 Å². The summed E-state index contributed by atoms with van der Waals surface area (Å²) < 4.78 is 38.0. The maximum atomic E-state index is 12.7. The van der Waals surface area contributed by atoms with Gasteiger partial charge in [0.05, 0.1) is 4.92 Å². The largest absolute Gasteiger partial charge is 0.433 e. The number of rotatable bonds is 6. The average molecular weight is 303 g/mol. The Labute approximate surface area is 119 Å². The summed E-state index contributed by atoms with van der Waals surface area (Å²) in [6, 6.07) is 0.646. The number of pyridine rings is 1. The summed E-state index contributed by atoms with van der Waals surface area (Å²) in [4.78, 5) is 13.3. The normalized spacial score (nSPS) is 16.6. The molecule has 1 aromatic rings. The zero-order valence-electron chi connectivity index (χ0n) is 11.5. The van der Waals surface area contributed by atoms with Crippen LogP contribution in [0.4, 0.5) is 24.5 Å². The molecule has 1 aliphatic carbocycles. The van der Waals surface area contributed by atoms with Crippen molar-refractivity contribution in [3.05, 3.63) is 28.1 Å². The van der Waals surface area contributed by atoms with Crippen LogP contribution in [0.1, 0.15) is 38.3 Å². The lowest BCUT2D eigenvalue weighted by Gasteiger charge is -2.18. The van der Waals surface area contributed by atoms with E-state index in [1.807, 2.05) is 6.92 Å². The second kappa shape index (κ2) is 5.87. The third kappa shape index (κ3) is 4.05. The van der Waals surface area contributed by atoms with Crippen molar-refractivity contribution in [2.75, 3.05) is 5.32 Å². The Morgan fingerprint density at radius 1 is 1.52 bits per heavy atom. The summed E-state index contributed by atoms with van der Waals surface area (Å²) in [5.74, 6) is 0.574. The lowest BCUT2D eigenvalue weighted by molar-refractivity contribution is -0.384. The molecule has 0 bridgehead atoms. The Balaban J connectivity index is 2.26. The van der Waals surface area contributed by atoms with E-state index < -0.39 is 22.5 Å². The number of aromatic nitrogens is 1. The van der Waals surface area contributed by atoms with E-state index in [1.54, 1.807) is 0 Å². The Bertz CT molecular complexity index is 530. The van der Waals surface area contributed by atoms with Crippen LogP contribution in [0.25, 0.3) is 0 Å². The molecule has 21 heavy (non-hydrogen) atoms. The Hall–Kier alpha value is -1.86. The van der Waals surface area contributed by atoms with Gasteiger partial charge in [0.2, 0.25) is 0 Å². The predicted molar refractivity (Wildman–Crippen MR) is 70.9 cm³/mol. The molecule has 0 radical (unpaired) electrons. The number of nitrogens with zero attached hydrogens (tertiary/aromatic N) is 2. The van der Waals surface area contributed by atoms with E-state index in [0.717, 1.165) is 19.3 Å². The standard InChI is InChI=1S/C13H16F3N3O2/c1-2-9(5-8-3-4-8)18-10-6-12(13(14,15)16)17-7-11(10)19(20)21/h6-9H,2-5H2,1H3,(H,17,18). The van der Waals surface area contributed by atoms with Gasteiger partial charge in [-0.1, -0.05) is 19.8 Å². The van der Waals surface area contributed by atoms with Crippen molar-refractivity contribution in [2.24, 2.45) is 5.92 Å². The quantitative estimate of drug-likeness (QED) is 0.637. The van der Waals surface area contributed by atoms with Crippen molar-refractivity contribution in [1.82, 2.24) is 4.98 Å². The van der Waals surface area contributed by atoms with Crippen LogP contribution in [0, 0.1) is 16.0 Å². The van der Waals surface area contributed by atoms with Gasteiger partial charge >= 0.3 is 11.9 Å². The molecule has 1 atom stereocenters. The van der Waals surface area contributed by atoms with Crippen LogP contribution in [-0.4, -0.2) is 15.9 Å². The molecule has 0 spiro atoms. The van der Waals surface area contributed by atoms with Gasteiger partial charge in [0.1, 0.15) is 17.6 Å². The molecule has 5 nitrogen and oxygen atoms in total. The molecular weight excluding hydrogens is 287 g/mol. The van der Waals surface area contributed by atoms with E-state index in [0.29, 0.717) is 24.6 Å². The molecule has 8 heteroatoms. The number of halogens is 3. The minimum Gasteiger partial charge on any atom is -0.377 e. The lowest BCUT2D eigenvalue weighted by Crippen LogP contribution is -2.20. The fourth-order valence-electron chi connectivity index (χ4n) is 2.17. The highest BCUT2D eigenvalue weighted by Gasteiger charge is 2.35. The molecule has 0 aliphatic heterocycles. The number of nitrogens with one attached hydrogen (secondary N) is 1. The summed E-state index contributed by atoms with van der Waals surface area (Å²) >= 11 is 0. The highest BCUT2D eigenvalue weighted by atomic mass is 19.4. The third-order valence-corrected chi connectivity index (χ3v) is 3.54.